The number of rotatable bonds is 2. The van der Waals surface area contributed by atoms with Gasteiger partial charge in [0.2, 0.25) is 0 Å². The van der Waals surface area contributed by atoms with Gasteiger partial charge in [0.05, 0.1) is 11.6 Å². The zero-order chi connectivity index (χ0) is 14.7. The van der Waals surface area contributed by atoms with E-state index in [0.29, 0.717) is 18.7 Å². The summed E-state index contributed by atoms with van der Waals surface area (Å²) in [6.07, 6.45) is 1.35. The van der Waals surface area contributed by atoms with Crippen molar-refractivity contribution >= 4 is 33.6 Å². The molecule has 1 aliphatic rings. The van der Waals surface area contributed by atoms with Crippen LogP contribution in [0.4, 0.5) is 10.5 Å². The number of benzene rings is 1. The molecule has 0 saturated carbocycles. The Hall–Kier alpha value is -1.56. The number of urea groups is 1. The van der Waals surface area contributed by atoms with E-state index in [-0.39, 0.29) is 12.6 Å². The lowest BCUT2D eigenvalue weighted by Crippen LogP contribution is -2.44. The van der Waals surface area contributed by atoms with Gasteiger partial charge in [-0.2, -0.15) is 0 Å². The quantitative estimate of drug-likeness (QED) is 0.869. The van der Waals surface area contributed by atoms with E-state index in [1.54, 1.807) is 4.90 Å². The fourth-order valence-electron chi connectivity index (χ4n) is 2.30. The minimum Gasteiger partial charge on any atom is -0.481 e. The van der Waals surface area contributed by atoms with Gasteiger partial charge in [0.25, 0.3) is 0 Å². The highest BCUT2D eigenvalue weighted by atomic mass is 79.9. The van der Waals surface area contributed by atoms with Crippen LogP contribution in [0, 0.1) is 12.8 Å². The molecule has 0 bridgehead atoms. The molecule has 2 rings (SSSR count). The number of likely N-dealkylation sites (tertiary alicyclic amines) is 1. The molecule has 1 atom stereocenters. The number of nitrogens with one attached hydrogen (secondary N) is 1. The summed E-state index contributed by atoms with van der Waals surface area (Å²) in [6.45, 7) is 2.81. The van der Waals surface area contributed by atoms with Gasteiger partial charge in [-0.05, 0) is 47.3 Å². The highest BCUT2D eigenvalue weighted by Gasteiger charge is 2.28. The van der Waals surface area contributed by atoms with Gasteiger partial charge in [-0.15, -0.1) is 0 Å². The maximum atomic E-state index is 12.2. The smallest absolute Gasteiger partial charge is 0.321 e. The molecule has 6 heteroatoms. The average Bonchev–Trinajstić information content (AvgIpc) is 2.44. The van der Waals surface area contributed by atoms with E-state index >= 15 is 0 Å². The second kappa shape index (κ2) is 6.26. The van der Waals surface area contributed by atoms with Crippen LogP contribution in [0.5, 0.6) is 0 Å². The SMILES string of the molecule is Cc1cccc(NC(=O)N2CCC[C@@H](C(=O)O)C2)c1Br. The van der Waals surface area contributed by atoms with Gasteiger partial charge in [-0.3, -0.25) is 4.79 Å². The molecular formula is C14H17BrN2O3. The summed E-state index contributed by atoms with van der Waals surface area (Å²) in [5.41, 5.74) is 1.73. The van der Waals surface area contributed by atoms with E-state index < -0.39 is 11.9 Å². The molecule has 5 nitrogen and oxygen atoms in total. The number of carboxylic acid groups (broad SMARTS) is 1. The van der Waals surface area contributed by atoms with Gasteiger partial charge >= 0.3 is 12.0 Å². The van der Waals surface area contributed by atoms with Crippen LogP contribution in [0.2, 0.25) is 0 Å². The number of aryl methyl sites for hydroxylation is 1. The van der Waals surface area contributed by atoms with Crippen molar-refractivity contribution in [1.82, 2.24) is 4.90 Å². The molecule has 1 saturated heterocycles. The lowest BCUT2D eigenvalue weighted by Gasteiger charge is -2.30. The van der Waals surface area contributed by atoms with E-state index in [9.17, 15) is 9.59 Å². The van der Waals surface area contributed by atoms with Crippen molar-refractivity contribution in [3.8, 4) is 0 Å². The van der Waals surface area contributed by atoms with Crippen molar-refractivity contribution in [2.75, 3.05) is 18.4 Å². The lowest BCUT2D eigenvalue weighted by atomic mass is 9.99. The van der Waals surface area contributed by atoms with Crippen LogP contribution < -0.4 is 5.32 Å². The fourth-order valence-corrected chi connectivity index (χ4v) is 2.66. The molecule has 0 unspecified atom stereocenters. The third-order valence-corrected chi connectivity index (χ3v) is 4.54. The first-order valence-electron chi connectivity index (χ1n) is 6.53. The number of hydrogen-bond acceptors (Lipinski definition) is 2. The van der Waals surface area contributed by atoms with Crippen LogP contribution in [-0.4, -0.2) is 35.1 Å². The Balaban J connectivity index is 2.04. The number of hydrogen-bond donors (Lipinski definition) is 2. The van der Waals surface area contributed by atoms with Crippen molar-refractivity contribution in [3.63, 3.8) is 0 Å². The molecule has 1 aromatic carbocycles. The van der Waals surface area contributed by atoms with E-state index in [0.717, 1.165) is 16.5 Å². The molecule has 20 heavy (non-hydrogen) atoms. The third kappa shape index (κ3) is 3.30. The van der Waals surface area contributed by atoms with Crippen LogP contribution in [0.1, 0.15) is 18.4 Å². The number of aliphatic carboxylic acids is 1. The monoisotopic (exact) mass is 340 g/mol. The largest absolute Gasteiger partial charge is 0.481 e. The molecule has 0 radical (unpaired) electrons. The molecule has 1 aliphatic heterocycles. The molecule has 1 heterocycles. The standard InChI is InChI=1S/C14H17BrN2O3/c1-9-4-2-6-11(12(9)15)16-14(20)17-7-3-5-10(8-17)13(18)19/h2,4,6,10H,3,5,7-8H2,1H3,(H,16,20)(H,18,19)/t10-/m1/s1. The molecule has 2 amide bonds. The Morgan fingerprint density at radius 1 is 1.45 bits per heavy atom. The minimum absolute atomic E-state index is 0.248. The minimum atomic E-state index is -0.834. The lowest BCUT2D eigenvalue weighted by molar-refractivity contribution is -0.143. The summed E-state index contributed by atoms with van der Waals surface area (Å²) in [5.74, 6) is -1.30. The summed E-state index contributed by atoms with van der Waals surface area (Å²) in [6, 6.07) is 5.38. The van der Waals surface area contributed by atoms with Crippen LogP contribution in [0.3, 0.4) is 0 Å². The number of carbonyl (C=O) groups excluding carboxylic acids is 1. The predicted octanol–water partition coefficient (Wildman–Crippen LogP) is 3.09. The zero-order valence-corrected chi connectivity index (χ0v) is 12.8. The van der Waals surface area contributed by atoms with Crippen molar-refractivity contribution in [2.24, 2.45) is 5.92 Å². The van der Waals surface area contributed by atoms with Crippen molar-refractivity contribution in [2.45, 2.75) is 19.8 Å². The first-order valence-corrected chi connectivity index (χ1v) is 7.32. The zero-order valence-electron chi connectivity index (χ0n) is 11.2. The Morgan fingerprint density at radius 3 is 2.90 bits per heavy atom. The summed E-state index contributed by atoms with van der Waals surface area (Å²) in [4.78, 5) is 24.8. The maximum absolute atomic E-state index is 12.2. The van der Waals surface area contributed by atoms with Gasteiger partial charge in [-0.25, -0.2) is 4.79 Å². The Labute approximate surface area is 126 Å². The molecule has 0 aliphatic carbocycles. The molecule has 1 aromatic rings. The van der Waals surface area contributed by atoms with Crippen LogP contribution in [0.15, 0.2) is 22.7 Å². The van der Waals surface area contributed by atoms with Gasteiger partial charge in [-0.1, -0.05) is 12.1 Å². The second-order valence-electron chi connectivity index (χ2n) is 4.99. The highest BCUT2D eigenvalue weighted by Crippen LogP contribution is 2.26. The van der Waals surface area contributed by atoms with Crippen molar-refractivity contribution < 1.29 is 14.7 Å². The molecule has 108 valence electrons. The van der Waals surface area contributed by atoms with Crippen LogP contribution >= 0.6 is 15.9 Å². The van der Waals surface area contributed by atoms with E-state index in [1.165, 1.54) is 0 Å². The Bertz CT molecular complexity index is 533. The van der Waals surface area contributed by atoms with Crippen LogP contribution in [0.25, 0.3) is 0 Å². The van der Waals surface area contributed by atoms with Crippen molar-refractivity contribution in [3.05, 3.63) is 28.2 Å². The summed E-state index contributed by atoms with van der Waals surface area (Å²) in [7, 11) is 0. The average molecular weight is 341 g/mol. The van der Waals surface area contributed by atoms with Gasteiger partial charge < -0.3 is 15.3 Å². The molecule has 0 spiro atoms. The number of halogens is 1. The number of nitrogens with zero attached hydrogens (tertiary/aromatic N) is 1. The molecule has 1 fully saturated rings. The van der Waals surface area contributed by atoms with E-state index in [1.807, 2.05) is 25.1 Å². The molecular weight excluding hydrogens is 324 g/mol. The summed E-state index contributed by atoms with van der Waals surface area (Å²) >= 11 is 3.44. The Kier molecular flexibility index (Phi) is 4.65. The van der Waals surface area contributed by atoms with Gasteiger partial charge in [0, 0.05) is 17.6 Å². The molecule has 2 N–H and O–H groups in total. The van der Waals surface area contributed by atoms with E-state index in [2.05, 4.69) is 21.2 Å². The normalized spacial score (nSPS) is 18.7. The number of carboxylic acids is 1. The first kappa shape index (κ1) is 14.8. The van der Waals surface area contributed by atoms with Crippen molar-refractivity contribution in [1.29, 1.82) is 0 Å². The summed E-state index contributed by atoms with van der Waals surface area (Å²) < 4.78 is 0.847. The number of anilines is 1. The number of carbonyl (C=O) groups is 2. The summed E-state index contributed by atoms with van der Waals surface area (Å²) in [5, 5.41) is 11.9. The fraction of sp³-hybridized carbons (Fsp3) is 0.429. The van der Waals surface area contributed by atoms with Gasteiger partial charge in [0.1, 0.15) is 0 Å². The maximum Gasteiger partial charge on any atom is 0.321 e. The van der Waals surface area contributed by atoms with Gasteiger partial charge in [0.15, 0.2) is 0 Å². The predicted molar refractivity (Wildman–Crippen MR) is 79.8 cm³/mol. The second-order valence-corrected chi connectivity index (χ2v) is 5.78. The topological polar surface area (TPSA) is 69.6 Å². The number of amides is 2. The first-order chi connectivity index (χ1) is 9.49. The number of piperidine rings is 1. The Morgan fingerprint density at radius 2 is 2.20 bits per heavy atom. The highest BCUT2D eigenvalue weighted by molar-refractivity contribution is 9.10. The van der Waals surface area contributed by atoms with Crippen LogP contribution in [-0.2, 0) is 4.79 Å². The third-order valence-electron chi connectivity index (χ3n) is 3.49. The molecule has 0 aromatic heterocycles. The van der Waals surface area contributed by atoms with E-state index in [4.69, 9.17) is 5.11 Å².